The molecule has 0 spiro atoms. The van der Waals surface area contributed by atoms with Gasteiger partial charge in [0.2, 0.25) is 5.91 Å². The molecule has 6 nitrogen and oxygen atoms in total. The summed E-state index contributed by atoms with van der Waals surface area (Å²) in [6.45, 7) is 3.89. The Morgan fingerprint density at radius 1 is 1.19 bits per heavy atom. The van der Waals surface area contributed by atoms with Gasteiger partial charge in [-0.2, -0.15) is 4.31 Å². The first-order valence-corrected chi connectivity index (χ1v) is 11.8. The summed E-state index contributed by atoms with van der Waals surface area (Å²) < 4.78 is 27.4. The van der Waals surface area contributed by atoms with E-state index in [2.05, 4.69) is 0 Å². The van der Waals surface area contributed by atoms with E-state index in [1.807, 2.05) is 11.8 Å². The quantitative estimate of drug-likeness (QED) is 0.770. The summed E-state index contributed by atoms with van der Waals surface area (Å²) in [5.74, 6) is 0.0516. The number of halogens is 1. The fourth-order valence-corrected chi connectivity index (χ4v) is 6.91. The highest BCUT2D eigenvalue weighted by atomic mass is 35.5. The van der Waals surface area contributed by atoms with Gasteiger partial charge in [0.1, 0.15) is 4.21 Å². The van der Waals surface area contributed by atoms with Crippen LogP contribution in [0, 0.1) is 0 Å². The first-order valence-electron chi connectivity index (χ1n) is 9.53. The number of likely N-dealkylation sites (tertiary alicyclic amines) is 1. The topological polar surface area (TPSA) is 83.7 Å². The van der Waals surface area contributed by atoms with Crippen LogP contribution in [0.5, 0.6) is 0 Å². The highest BCUT2D eigenvalue weighted by Gasteiger charge is 2.31. The molecular weight excluding hydrogens is 406 g/mol. The molecule has 2 N–H and O–H groups in total. The SMILES string of the molecule is CC(N)C1CCCCN1C(=O)Cc1ccc(S(=O)(=O)N2CCCCC2)s1.Cl. The average Bonchev–Trinajstić information content (AvgIpc) is 3.11. The molecule has 2 saturated heterocycles. The van der Waals surface area contributed by atoms with Crippen molar-refractivity contribution in [1.82, 2.24) is 9.21 Å². The summed E-state index contributed by atoms with van der Waals surface area (Å²) in [6, 6.07) is 3.48. The lowest BCUT2D eigenvalue weighted by Crippen LogP contribution is -2.52. The first kappa shape index (κ1) is 22.6. The molecule has 2 aliphatic heterocycles. The molecule has 9 heteroatoms. The van der Waals surface area contributed by atoms with Gasteiger partial charge in [0.05, 0.1) is 6.42 Å². The van der Waals surface area contributed by atoms with Gasteiger partial charge in [-0.3, -0.25) is 4.79 Å². The summed E-state index contributed by atoms with van der Waals surface area (Å²) in [5, 5.41) is 0. The zero-order valence-electron chi connectivity index (χ0n) is 15.8. The molecule has 2 fully saturated rings. The van der Waals surface area contributed by atoms with Crippen molar-refractivity contribution in [2.45, 2.75) is 68.2 Å². The summed E-state index contributed by atoms with van der Waals surface area (Å²) >= 11 is 1.23. The zero-order valence-corrected chi connectivity index (χ0v) is 18.3. The molecule has 1 aromatic heterocycles. The van der Waals surface area contributed by atoms with Crippen molar-refractivity contribution >= 4 is 39.7 Å². The van der Waals surface area contributed by atoms with E-state index in [0.29, 0.717) is 17.3 Å². The molecule has 154 valence electrons. The minimum atomic E-state index is -3.42. The predicted octanol–water partition coefficient (Wildman–Crippen LogP) is 2.62. The van der Waals surface area contributed by atoms with Crippen LogP contribution >= 0.6 is 23.7 Å². The standard InChI is InChI=1S/C18H29N3O3S2.ClH/c1-14(19)16-7-3-6-12-21(16)17(22)13-15-8-9-18(25-15)26(23,24)20-10-4-2-5-11-20;/h8-9,14,16H,2-7,10-13,19H2,1H3;1H. The molecule has 1 amide bonds. The number of piperidine rings is 2. The van der Waals surface area contributed by atoms with Crippen molar-refractivity contribution in [3.8, 4) is 0 Å². The Morgan fingerprint density at radius 2 is 1.85 bits per heavy atom. The van der Waals surface area contributed by atoms with Crippen LogP contribution in [0.3, 0.4) is 0 Å². The van der Waals surface area contributed by atoms with Crippen LogP contribution in [0.25, 0.3) is 0 Å². The minimum absolute atomic E-state index is 0. The highest BCUT2D eigenvalue weighted by Crippen LogP contribution is 2.28. The molecule has 27 heavy (non-hydrogen) atoms. The smallest absolute Gasteiger partial charge is 0.252 e. The van der Waals surface area contributed by atoms with Crippen LogP contribution < -0.4 is 5.73 Å². The fraction of sp³-hybridized carbons (Fsp3) is 0.722. The largest absolute Gasteiger partial charge is 0.338 e. The number of hydrogen-bond donors (Lipinski definition) is 1. The Kier molecular flexibility index (Phi) is 8.12. The Labute approximate surface area is 172 Å². The number of rotatable bonds is 5. The number of sulfonamides is 1. The van der Waals surface area contributed by atoms with Crippen molar-refractivity contribution in [3.63, 3.8) is 0 Å². The van der Waals surface area contributed by atoms with E-state index in [0.717, 1.165) is 49.9 Å². The average molecular weight is 436 g/mol. The lowest BCUT2D eigenvalue weighted by molar-refractivity contribution is -0.134. The Hall–Kier alpha value is -0.670. The predicted molar refractivity (Wildman–Crippen MR) is 111 cm³/mol. The number of carbonyl (C=O) groups is 1. The highest BCUT2D eigenvalue weighted by molar-refractivity contribution is 7.91. The van der Waals surface area contributed by atoms with Gasteiger partial charge in [0, 0.05) is 36.6 Å². The van der Waals surface area contributed by atoms with Gasteiger partial charge >= 0.3 is 0 Å². The maximum atomic E-state index is 12.8. The summed E-state index contributed by atoms with van der Waals surface area (Å²) in [6.07, 6.45) is 6.24. The third-order valence-corrected chi connectivity index (χ3v) is 8.80. The molecule has 0 aromatic carbocycles. The summed E-state index contributed by atoms with van der Waals surface area (Å²) in [5.41, 5.74) is 6.06. The molecule has 3 heterocycles. The molecule has 0 bridgehead atoms. The van der Waals surface area contributed by atoms with E-state index in [1.54, 1.807) is 16.4 Å². The van der Waals surface area contributed by atoms with Gasteiger partial charge in [-0.05, 0) is 51.2 Å². The van der Waals surface area contributed by atoms with E-state index in [9.17, 15) is 13.2 Å². The fourth-order valence-electron chi connectivity index (χ4n) is 3.89. The van der Waals surface area contributed by atoms with E-state index in [1.165, 1.54) is 11.3 Å². The van der Waals surface area contributed by atoms with Crippen LogP contribution in [0.15, 0.2) is 16.3 Å². The second kappa shape index (κ2) is 9.69. The minimum Gasteiger partial charge on any atom is -0.338 e. The van der Waals surface area contributed by atoms with E-state index >= 15 is 0 Å². The van der Waals surface area contributed by atoms with Gasteiger partial charge in [-0.1, -0.05) is 6.42 Å². The van der Waals surface area contributed by atoms with Crippen LogP contribution in [0.4, 0.5) is 0 Å². The van der Waals surface area contributed by atoms with Crippen molar-refractivity contribution in [1.29, 1.82) is 0 Å². The van der Waals surface area contributed by atoms with Gasteiger partial charge in [0.15, 0.2) is 0 Å². The molecule has 0 saturated carbocycles. The van der Waals surface area contributed by atoms with Crippen molar-refractivity contribution in [2.75, 3.05) is 19.6 Å². The maximum absolute atomic E-state index is 12.8. The molecule has 0 radical (unpaired) electrons. The van der Waals surface area contributed by atoms with Crippen LogP contribution in [-0.2, 0) is 21.2 Å². The van der Waals surface area contributed by atoms with E-state index in [-0.39, 0.29) is 36.8 Å². The van der Waals surface area contributed by atoms with Gasteiger partial charge in [0.25, 0.3) is 10.0 Å². The molecule has 2 atom stereocenters. The summed E-state index contributed by atoms with van der Waals surface area (Å²) in [7, 11) is -3.42. The van der Waals surface area contributed by atoms with Gasteiger partial charge in [-0.15, -0.1) is 23.7 Å². The number of amides is 1. The number of hydrogen-bond acceptors (Lipinski definition) is 5. The Balaban J connectivity index is 0.00000261. The second-order valence-electron chi connectivity index (χ2n) is 7.37. The third-order valence-electron chi connectivity index (χ3n) is 5.35. The molecule has 2 unspecified atom stereocenters. The van der Waals surface area contributed by atoms with E-state index in [4.69, 9.17) is 5.73 Å². The Bertz CT molecular complexity index is 730. The van der Waals surface area contributed by atoms with Gasteiger partial charge in [-0.25, -0.2) is 8.42 Å². The monoisotopic (exact) mass is 435 g/mol. The number of nitrogens with zero attached hydrogens (tertiary/aromatic N) is 2. The van der Waals surface area contributed by atoms with Crippen LogP contribution in [-0.4, -0.2) is 55.2 Å². The Morgan fingerprint density at radius 3 is 2.52 bits per heavy atom. The number of thiophene rings is 1. The van der Waals surface area contributed by atoms with Crippen molar-refractivity contribution < 1.29 is 13.2 Å². The molecular formula is C18H30ClN3O3S2. The maximum Gasteiger partial charge on any atom is 0.252 e. The van der Waals surface area contributed by atoms with Gasteiger partial charge < -0.3 is 10.6 Å². The van der Waals surface area contributed by atoms with Crippen LogP contribution in [0.1, 0.15) is 50.3 Å². The molecule has 2 aliphatic rings. The van der Waals surface area contributed by atoms with Crippen LogP contribution in [0.2, 0.25) is 0 Å². The van der Waals surface area contributed by atoms with E-state index < -0.39 is 10.0 Å². The number of carbonyl (C=O) groups excluding carboxylic acids is 1. The lowest BCUT2D eigenvalue weighted by atomic mass is 9.96. The normalized spacial score (nSPS) is 22.9. The lowest BCUT2D eigenvalue weighted by Gasteiger charge is -2.38. The second-order valence-corrected chi connectivity index (χ2v) is 10.7. The van der Waals surface area contributed by atoms with Crippen molar-refractivity contribution in [3.05, 3.63) is 17.0 Å². The zero-order chi connectivity index (χ0) is 18.7. The number of nitrogens with two attached hydrogens (primary N) is 1. The van der Waals surface area contributed by atoms with Crippen molar-refractivity contribution in [2.24, 2.45) is 5.73 Å². The molecule has 1 aromatic rings. The summed E-state index contributed by atoms with van der Waals surface area (Å²) in [4.78, 5) is 15.5. The third kappa shape index (κ3) is 5.23. The molecule has 3 rings (SSSR count). The molecule has 0 aliphatic carbocycles. The first-order chi connectivity index (χ1) is 12.4.